The van der Waals surface area contributed by atoms with Gasteiger partial charge in [0, 0.05) is 13.2 Å². The second-order valence-electron chi connectivity index (χ2n) is 10.3. The van der Waals surface area contributed by atoms with Crippen molar-refractivity contribution < 1.29 is 8.85 Å². The smallest absolute Gasteiger partial charge is 0.338 e. The molecule has 33 heavy (non-hydrogen) atoms. The second kappa shape index (κ2) is 26.7. The van der Waals surface area contributed by atoms with Gasteiger partial charge in [-0.1, -0.05) is 155 Å². The first kappa shape index (κ1) is 33.1. The molecule has 0 rings (SSSR count). The van der Waals surface area contributed by atoms with Crippen LogP contribution in [-0.4, -0.2) is 21.8 Å². The molecule has 0 aromatic rings. The Morgan fingerprint density at radius 3 is 0.818 bits per heavy atom. The summed E-state index contributed by atoms with van der Waals surface area (Å²) in [6, 6.07) is 2.42. The van der Waals surface area contributed by atoms with Crippen LogP contribution in [0.1, 0.15) is 169 Å². The van der Waals surface area contributed by atoms with Crippen LogP contribution in [-0.2, 0) is 8.85 Å². The normalized spacial score (nSPS) is 12.0. The predicted molar refractivity (Wildman–Crippen MR) is 152 cm³/mol. The molecular formula is C30H64O2Si. The van der Waals surface area contributed by atoms with Crippen molar-refractivity contribution in [2.75, 3.05) is 13.2 Å². The van der Waals surface area contributed by atoms with Crippen LogP contribution in [0.3, 0.4) is 0 Å². The van der Waals surface area contributed by atoms with Crippen LogP contribution in [0, 0.1) is 0 Å². The fourth-order valence-electron chi connectivity index (χ4n) is 5.10. The second-order valence-corrected chi connectivity index (χ2v) is 13.7. The van der Waals surface area contributed by atoms with Crippen molar-refractivity contribution >= 4 is 8.56 Å². The summed E-state index contributed by atoms with van der Waals surface area (Å²) in [6.45, 7) is 10.5. The summed E-state index contributed by atoms with van der Waals surface area (Å²) in [7, 11) is -1.97. The number of hydrogen-bond donors (Lipinski definition) is 0. The van der Waals surface area contributed by atoms with E-state index in [1.165, 1.54) is 153 Å². The van der Waals surface area contributed by atoms with Crippen molar-refractivity contribution in [3.8, 4) is 0 Å². The minimum Gasteiger partial charge on any atom is -0.394 e. The highest BCUT2D eigenvalue weighted by Gasteiger charge is 2.35. The molecule has 0 saturated heterocycles. The van der Waals surface area contributed by atoms with Crippen LogP contribution in [0.4, 0.5) is 0 Å². The van der Waals surface area contributed by atoms with Gasteiger partial charge < -0.3 is 8.85 Å². The van der Waals surface area contributed by atoms with E-state index in [-0.39, 0.29) is 0 Å². The SMILES string of the molecule is CCCCCCCCCCCCCCCCCC[Si](CCCCCCCC)(OCC)OCC. The summed E-state index contributed by atoms with van der Waals surface area (Å²) in [5.74, 6) is 0. The first-order valence-electron chi connectivity index (χ1n) is 15.5. The minimum atomic E-state index is -1.97. The molecular weight excluding hydrogens is 420 g/mol. The van der Waals surface area contributed by atoms with E-state index in [4.69, 9.17) is 8.85 Å². The van der Waals surface area contributed by atoms with Crippen molar-refractivity contribution in [2.45, 2.75) is 181 Å². The maximum atomic E-state index is 6.34. The van der Waals surface area contributed by atoms with Crippen molar-refractivity contribution in [3.05, 3.63) is 0 Å². The van der Waals surface area contributed by atoms with Gasteiger partial charge in [0.25, 0.3) is 0 Å². The van der Waals surface area contributed by atoms with Gasteiger partial charge in [0.1, 0.15) is 0 Å². The van der Waals surface area contributed by atoms with Crippen molar-refractivity contribution in [2.24, 2.45) is 0 Å². The van der Waals surface area contributed by atoms with Crippen LogP contribution in [0.15, 0.2) is 0 Å². The standard InChI is InChI=1S/C30H64O2Si/c1-5-9-11-13-15-16-17-18-19-20-21-22-23-24-26-28-30-33(31-7-3,32-8-4)29-27-25-14-12-10-6-2/h5-30H2,1-4H3. The minimum absolute atomic E-state index is 0.820. The van der Waals surface area contributed by atoms with E-state index in [9.17, 15) is 0 Å². The molecule has 0 fully saturated rings. The van der Waals surface area contributed by atoms with Gasteiger partial charge in [-0.15, -0.1) is 0 Å². The van der Waals surface area contributed by atoms with Gasteiger partial charge in [0.2, 0.25) is 0 Å². The summed E-state index contributed by atoms with van der Waals surface area (Å²) in [4.78, 5) is 0. The average Bonchev–Trinajstić information content (AvgIpc) is 2.81. The summed E-state index contributed by atoms with van der Waals surface area (Å²) in [5.41, 5.74) is 0. The highest BCUT2D eigenvalue weighted by atomic mass is 28.4. The third-order valence-corrected chi connectivity index (χ3v) is 11.0. The Kier molecular flexibility index (Phi) is 26.8. The predicted octanol–water partition coefficient (Wildman–Crippen LogP) is 11.1. The summed E-state index contributed by atoms with van der Waals surface area (Å²) >= 11 is 0. The molecule has 0 aliphatic carbocycles. The van der Waals surface area contributed by atoms with Crippen LogP contribution in [0.5, 0.6) is 0 Å². The van der Waals surface area contributed by atoms with Crippen LogP contribution >= 0.6 is 0 Å². The Morgan fingerprint density at radius 1 is 0.333 bits per heavy atom. The molecule has 0 bridgehead atoms. The topological polar surface area (TPSA) is 18.5 Å². The Balaban J connectivity index is 3.72. The molecule has 0 unspecified atom stereocenters. The van der Waals surface area contributed by atoms with Crippen LogP contribution < -0.4 is 0 Å². The zero-order chi connectivity index (χ0) is 24.3. The Hall–Kier alpha value is 0.137. The molecule has 0 radical (unpaired) electrons. The third-order valence-electron chi connectivity index (χ3n) is 7.14. The van der Waals surface area contributed by atoms with E-state index in [0.717, 1.165) is 13.2 Å². The molecule has 0 aromatic carbocycles. The summed E-state index contributed by atoms with van der Waals surface area (Å²) in [6.07, 6.45) is 31.0. The highest BCUT2D eigenvalue weighted by Crippen LogP contribution is 2.26. The van der Waals surface area contributed by atoms with E-state index in [2.05, 4.69) is 27.7 Å². The first-order chi connectivity index (χ1) is 16.2. The lowest BCUT2D eigenvalue weighted by atomic mass is 10.0. The lowest BCUT2D eigenvalue weighted by Crippen LogP contribution is -2.42. The molecule has 0 aromatic heterocycles. The van der Waals surface area contributed by atoms with Gasteiger partial charge in [-0.05, 0) is 25.9 Å². The molecule has 0 aliphatic heterocycles. The van der Waals surface area contributed by atoms with E-state index >= 15 is 0 Å². The molecule has 0 spiro atoms. The maximum absolute atomic E-state index is 6.34. The highest BCUT2D eigenvalue weighted by molar-refractivity contribution is 6.67. The molecule has 0 N–H and O–H groups in total. The number of rotatable bonds is 28. The van der Waals surface area contributed by atoms with Gasteiger partial charge in [0.05, 0.1) is 0 Å². The lowest BCUT2D eigenvalue weighted by molar-refractivity contribution is 0.180. The quantitative estimate of drug-likeness (QED) is 0.0811. The van der Waals surface area contributed by atoms with E-state index in [1.807, 2.05) is 0 Å². The van der Waals surface area contributed by atoms with E-state index in [0.29, 0.717) is 0 Å². The lowest BCUT2D eigenvalue weighted by Gasteiger charge is -2.30. The fourth-order valence-corrected chi connectivity index (χ4v) is 8.64. The van der Waals surface area contributed by atoms with Gasteiger partial charge in [-0.3, -0.25) is 0 Å². The zero-order valence-corrected chi connectivity index (χ0v) is 24.7. The van der Waals surface area contributed by atoms with Crippen molar-refractivity contribution in [1.82, 2.24) is 0 Å². The van der Waals surface area contributed by atoms with Gasteiger partial charge in [-0.25, -0.2) is 0 Å². The third kappa shape index (κ3) is 22.4. The summed E-state index contributed by atoms with van der Waals surface area (Å²) < 4.78 is 12.7. The number of unbranched alkanes of at least 4 members (excludes halogenated alkanes) is 20. The van der Waals surface area contributed by atoms with Gasteiger partial charge in [-0.2, -0.15) is 0 Å². The zero-order valence-electron chi connectivity index (χ0n) is 23.7. The largest absolute Gasteiger partial charge is 0.394 e. The van der Waals surface area contributed by atoms with Gasteiger partial charge >= 0.3 is 8.56 Å². The Labute approximate surface area is 211 Å². The van der Waals surface area contributed by atoms with Crippen LogP contribution in [0.2, 0.25) is 12.1 Å². The van der Waals surface area contributed by atoms with Crippen molar-refractivity contribution in [1.29, 1.82) is 0 Å². The average molecular weight is 485 g/mol. The molecule has 2 nitrogen and oxygen atoms in total. The van der Waals surface area contributed by atoms with Crippen LogP contribution in [0.25, 0.3) is 0 Å². The molecule has 3 heteroatoms. The molecule has 0 saturated carbocycles. The molecule has 0 amide bonds. The van der Waals surface area contributed by atoms with Crippen molar-refractivity contribution in [3.63, 3.8) is 0 Å². The maximum Gasteiger partial charge on any atom is 0.338 e. The summed E-state index contributed by atoms with van der Waals surface area (Å²) in [5, 5.41) is 0. The van der Waals surface area contributed by atoms with E-state index < -0.39 is 8.56 Å². The first-order valence-corrected chi connectivity index (χ1v) is 17.8. The van der Waals surface area contributed by atoms with E-state index in [1.54, 1.807) is 0 Å². The number of hydrogen-bond acceptors (Lipinski definition) is 2. The molecule has 0 heterocycles. The Bertz CT molecular complexity index is 355. The molecule has 0 atom stereocenters. The monoisotopic (exact) mass is 484 g/mol. The molecule has 0 aliphatic rings. The fraction of sp³-hybridized carbons (Fsp3) is 1.00. The molecule has 200 valence electrons. The van der Waals surface area contributed by atoms with Gasteiger partial charge in [0.15, 0.2) is 0 Å². The Morgan fingerprint density at radius 2 is 0.576 bits per heavy atom.